The maximum absolute atomic E-state index is 15.3. The van der Waals surface area contributed by atoms with Crippen LogP contribution in [-0.4, -0.2) is 271 Å². The van der Waals surface area contributed by atoms with Crippen LogP contribution in [-0.2, 0) is 62.2 Å². The maximum Gasteiger partial charge on any atom is 0.246 e. The number of Topliss-reactive ketones (excluding diaryl/α,β-unsaturated/α-hetero) is 2. The number of nitrogens with two attached hydrogens (primary N) is 1. The quantitative estimate of drug-likeness (QED) is 0.109. The molecular weight excluding hydrogens is 1230 g/mol. The van der Waals surface area contributed by atoms with E-state index in [1.807, 2.05) is 41.5 Å². The van der Waals surface area contributed by atoms with Gasteiger partial charge < -0.3 is 65.2 Å². The van der Waals surface area contributed by atoms with E-state index < -0.39 is 161 Å². The zero-order chi connectivity index (χ0) is 73.5. The summed E-state index contributed by atoms with van der Waals surface area (Å²) in [5, 5.41) is 17.9. The van der Waals surface area contributed by atoms with Crippen LogP contribution < -0.4 is 16.4 Å². The minimum absolute atomic E-state index is 0.00276. The van der Waals surface area contributed by atoms with Crippen LogP contribution >= 0.6 is 0 Å². The number of carbonyl (C=O) groups excluding carboxylic acids is 11. The predicted molar refractivity (Wildman–Crippen MR) is 371 cm³/mol. The van der Waals surface area contributed by atoms with Crippen molar-refractivity contribution in [1.82, 2.24) is 49.8 Å². The van der Waals surface area contributed by atoms with Gasteiger partial charge in [0.2, 0.25) is 53.2 Å². The Labute approximate surface area is 576 Å². The van der Waals surface area contributed by atoms with Crippen LogP contribution in [0.4, 0.5) is 0 Å². The standard InChI is InChI=1S/C71H129N11O14/c1-24-53-68(91)75(17)50(15)66(89)80(22)60(51(16)96-34-28-27-31-82-32-35-95-36-33-82)58(84)41-52(45(8)9)67(90)76(18)54(37-42(2)3)57(83)40-48(13)63(86)73-49(14)65(88)77(19)55(38-43(4)5)69(92)78(20)56(39-44(6)7)70(93)79(21)59(46(10)11)71(94)81(23)61(64(87)74-53)62(85)47(12)29-25-26-30-72/h42-56,59-62,85H,24-41,72H2,1-23H3,(H,73,86)(H,74,87)/t47-,48-,49-,50-,51-,52+,53+,54+,55+,56+,59+,60+,61+,62-/m1/s1. The van der Waals surface area contributed by atoms with Gasteiger partial charge in [-0.05, 0) is 121 Å². The van der Waals surface area contributed by atoms with Crippen LogP contribution in [0.25, 0.3) is 0 Å². The van der Waals surface area contributed by atoms with E-state index in [1.54, 1.807) is 55.4 Å². The fourth-order valence-corrected chi connectivity index (χ4v) is 13.2. The highest BCUT2D eigenvalue weighted by atomic mass is 16.5. The minimum atomic E-state index is -1.63. The van der Waals surface area contributed by atoms with Crippen molar-refractivity contribution in [3.8, 4) is 0 Å². The molecule has 9 amide bonds. The molecule has 25 nitrogen and oxygen atoms in total. The lowest BCUT2D eigenvalue weighted by molar-refractivity contribution is -0.157. The molecule has 96 heavy (non-hydrogen) atoms. The molecule has 2 aliphatic rings. The van der Waals surface area contributed by atoms with Gasteiger partial charge >= 0.3 is 0 Å². The Morgan fingerprint density at radius 3 is 1.53 bits per heavy atom. The fourth-order valence-electron chi connectivity index (χ4n) is 13.2. The molecule has 0 radical (unpaired) electrons. The van der Waals surface area contributed by atoms with Gasteiger partial charge in [0.1, 0.15) is 48.3 Å². The number of hydrogen-bond donors (Lipinski definition) is 4. The van der Waals surface area contributed by atoms with Crippen molar-refractivity contribution in [3.63, 3.8) is 0 Å². The molecule has 2 fully saturated rings. The molecule has 2 heterocycles. The smallest absolute Gasteiger partial charge is 0.246 e. The number of nitrogens with zero attached hydrogens (tertiary/aromatic N) is 8. The largest absolute Gasteiger partial charge is 0.390 e. The van der Waals surface area contributed by atoms with Crippen molar-refractivity contribution in [1.29, 1.82) is 0 Å². The molecule has 0 aromatic rings. The Kier molecular flexibility index (Phi) is 37.0. The topological polar surface area (TPSA) is 302 Å². The Hall–Kier alpha value is -5.63. The van der Waals surface area contributed by atoms with Gasteiger partial charge in [-0.2, -0.15) is 0 Å². The molecule has 0 unspecified atom stereocenters. The first-order valence-electron chi connectivity index (χ1n) is 35.5. The molecule has 2 saturated heterocycles. The number of ether oxygens (including phenoxy) is 2. The lowest BCUT2D eigenvalue weighted by Gasteiger charge is -2.41. The third-order valence-corrected chi connectivity index (χ3v) is 19.6. The van der Waals surface area contributed by atoms with Crippen LogP contribution in [0.3, 0.4) is 0 Å². The highest BCUT2D eigenvalue weighted by Gasteiger charge is 2.47. The van der Waals surface area contributed by atoms with Gasteiger partial charge in [0.05, 0.1) is 31.5 Å². The molecule has 0 aromatic heterocycles. The third kappa shape index (κ3) is 24.7. The number of hydrogen-bond acceptors (Lipinski definition) is 16. The van der Waals surface area contributed by atoms with Gasteiger partial charge in [0.25, 0.3) is 0 Å². The monoisotopic (exact) mass is 1360 g/mol. The molecule has 2 aliphatic heterocycles. The Morgan fingerprint density at radius 1 is 0.521 bits per heavy atom. The van der Waals surface area contributed by atoms with Crippen LogP contribution in [0.15, 0.2) is 0 Å². The van der Waals surface area contributed by atoms with Crippen LogP contribution in [0.1, 0.15) is 181 Å². The van der Waals surface area contributed by atoms with Gasteiger partial charge in [-0.15, -0.1) is 0 Å². The summed E-state index contributed by atoms with van der Waals surface area (Å²) in [5.41, 5.74) is 5.85. The van der Waals surface area contributed by atoms with E-state index >= 15 is 33.6 Å². The number of morpholine rings is 1. The summed E-state index contributed by atoms with van der Waals surface area (Å²) in [6.45, 7) is 32.4. The van der Waals surface area contributed by atoms with Gasteiger partial charge in [-0.1, -0.05) is 96.4 Å². The molecule has 5 N–H and O–H groups in total. The SMILES string of the molecule is CC[C@@H]1NC(=O)[C@H]([C@H](O)[C@H](C)CCCCN)N(C)C(=O)[C@H](C(C)C)N(C)C(=O)[C@H](CC(C)C)N(C)C(=O)[C@H](CC(C)C)N(C)C(=O)[C@@H](C)NC(=O)[C@H](C)CC(=O)[C@H](CC(C)C)N(C)C(=O)[C@H](C(C)C)CC(=O)[C@H]([C@@H](C)OCCCCN2CCOCC2)N(C)C(=O)[C@@H](C)N(C)C1=O. The number of carbonyl (C=O) groups is 11. The first-order chi connectivity index (χ1) is 44.7. The number of unbranched alkanes of at least 4 members (excludes halogenated alkanes) is 2. The summed E-state index contributed by atoms with van der Waals surface area (Å²) in [6.07, 6.45) is 0.502. The zero-order valence-corrected chi connectivity index (χ0v) is 63.1. The number of aliphatic hydroxyl groups is 1. The number of amides is 9. The number of nitrogens with one attached hydrogen (secondary N) is 2. The van der Waals surface area contributed by atoms with E-state index in [2.05, 4.69) is 15.5 Å². The van der Waals surface area contributed by atoms with Crippen molar-refractivity contribution in [3.05, 3.63) is 0 Å². The summed E-state index contributed by atoms with van der Waals surface area (Å²) in [6, 6.07) is -11.2. The lowest BCUT2D eigenvalue weighted by Crippen LogP contribution is -2.64. The maximum atomic E-state index is 15.3. The fraction of sp³-hybridized carbons (Fsp3) is 0.845. The predicted octanol–water partition coefficient (Wildman–Crippen LogP) is 4.47. The van der Waals surface area contributed by atoms with E-state index in [0.29, 0.717) is 45.4 Å². The van der Waals surface area contributed by atoms with Crippen molar-refractivity contribution in [2.24, 2.45) is 53.1 Å². The molecule has 2 rings (SSSR count). The Balaban J connectivity index is 3.01. The van der Waals surface area contributed by atoms with E-state index in [9.17, 15) is 24.3 Å². The molecule has 0 aromatic carbocycles. The highest BCUT2D eigenvalue weighted by molar-refractivity contribution is 6.00. The average Bonchev–Trinajstić information content (AvgIpc) is 0.813. The van der Waals surface area contributed by atoms with Crippen LogP contribution in [0, 0.1) is 47.3 Å². The van der Waals surface area contributed by atoms with E-state index in [0.717, 1.165) is 31.0 Å². The molecule has 25 heteroatoms. The molecule has 0 spiro atoms. The van der Waals surface area contributed by atoms with Crippen molar-refractivity contribution < 1.29 is 67.3 Å². The summed E-state index contributed by atoms with van der Waals surface area (Å²) >= 11 is 0. The normalized spacial score (nSPS) is 27.5. The number of ketones is 2. The van der Waals surface area contributed by atoms with Crippen LogP contribution in [0.2, 0.25) is 0 Å². The first-order valence-corrected chi connectivity index (χ1v) is 35.5. The molecule has 14 atom stereocenters. The second kappa shape index (κ2) is 41.1. The first kappa shape index (κ1) is 86.5. The van der Waals surface area contributed by atoms with Gasteiger partial charge in [-0.3, -0.25) is 57.6 Å². The van der Waals surface area contributed by atoms with Gasteiger partial charge in [0.15, 0.2) is 11.6 Å². The summed E-state index contributed by atoms with van der Waals surface area (Å²) < 4.78 is 11.9. The van der Waals surface area contributed by atoms with Gasteiger partial charge in [-0.25, -0.2) is 0 Å². The number of rotatable bonds is 22. The van der Waals surface area contributed by atoms with Crippen molar-refractivity contribution >= 4 is 64.7 Å². The summed E-state index contributed by atoms with van der Waals surface area (Å²) in [4.78, 5) is 175. The molecule has 0 saturated carbocycles. The molecule has 552 valence electrons. The Bertz CT molecular complexity index is 2550. The minimum Gasteiger partial charge on any atom is -0.390 e. The highest BCUT2D eigenvalue weighted by Crippen LogP contribution is 2.29. The third-order valence-electron chi connectivity index (χ3n) is 19.6. The average molecular weight is 1360 g/mol. The zero-order valence-electron chi connectivity index (χ0n) is 63.1. The van der Waals surface area contributed by atoms with Crippen LogP contribution in [0.5, 0.6) is 0 Å². The molecule has 0 aliphatic carbocycles. The molecule has 0 bridgehead atoms. The van der Waals surface area contributed by atoms with E-state index in [4.69, 9.17) is 15.2 Å². The lowest BCUT2D eigenvalue weighted by atomic mass is 9.85. The van der Waals surface area contributed by atoms with E-state index in [-0.39, 0.29) is 62.9 Å². The van der Waals surface area contributed by atoms with E-state index in [1.165, 1.54) is 92.6 Å². The summed E-state index contributed by atoms with van der Waals surface area (Å²) in [7, 11) is 10.1. The number of aliphatic hydroxyl groups excluding tert-OH is 1. The second-order valence-electron chi connectivity index (χ2n) is 29.6. The van der Waals surface area contributed by atoms with Crippen molar-refractivity contribution in [2.45, 2.75) is 248 Å². The molecular formula is C71H129N11O14. The summed E-state index contributed by atoms with van der Waals surface area (Å²) in [5.74, 6) is -10.8. The second-order valence-corrected chi connectivity index (χ2v) is 29.6. The number of likely N-dealkylation sites (N-methyl/N-ethyl adjacent to an activating group) is 7. The van der Waals surface area contributed by atoms with Crippen molar-refractivity contribution in [2.75, 3.05) is 95.3 Å². The van der Waals surface area contributed by atoms with Gasteiger partial charge in [0, 0.05) is 93.7 Å². The Morgan fingerprint density at radius 2 is 1.02 bits per heavy atom.